The summed E-state index contributed by atoms with van der Waals surface area (Å²) in [7, 11) is 3.25. The van der Waals surface area contributed by atoms with Crippen molar-refractivity contribution >= 4 is 34.8 Å². The molecule has 0 aromatic heterocycles. The van der Waals surface area contributed by atoms with Crippen LogP contribution in [0.3, 0.4) is 0 Å². The molecule has 0 atom stereocenters. The molecule has 8 nitrogen and oxygen atoms in total. The first-order valence-corrected chi connectivity index (χ1v) is 7.84. The summed E-state index contributed by atoms with van der Waals surface area (Å²) in [5, 5.41) is 13.8. The van der Waals surface area contributed by atoms with Gasteiger partial charge in [0.15, 0.2) is 6.61 Å². The Morgan fingerprint density at radius 2 is 1.85 bits per heavy atom. The lowest BCUT2D eigenvalue weighted by atomic mass is 10.1. The highest BCUT2D eigenvalue weighted by molar-refractivity contribution is 6.31. The van der Waals surface area contributed by atoms with Crippen LogP contribution < -0.4 is 10.1 Å². The van der Waals surface area contributed by atoms with Crippen LogP contribution in [0.25, 0.3) is 0 Å². The van der Waals surface area contributed by atoms with Crippen LogP contribution in [0.4, 0.5) is 11.4 Å². The quantitative estimate of drug-likeness (QED) is 0.616. The summed E-state index contributed by atoms with van der Waals surface area (Å²) in [4.78, 5) is 35.6. The smallest absolute Gasteiger partial charge is 0.283 e. The zero-order valence-electron chi connectivity index (χ0n) is 14.1. The van der Waals surface area contributed by atoms with Gasteiger partial charge in [-0.2, -0.15) is 0 Å². The predicted octanol–water partition coefficient (Wildman–Crippen LogP) is 2.97. The minimum absolute atomic E-state index is 0.101. The fourth-order valence-corrected chi connectivity index (χ4v) is 2.12. The summed E-state index contributed by atoms with van der Waals surface area (Å²) in [6.07, 6.45) is 0. The first kappa shape index (κ1) is 19.2. The number of hydrogen-bond donors (Lipinski definition) is 1. The first-order chi connectivity index (χ1) is 12.3. The second kappa shape index (κ2) is 8.30. The Bertz CT molecular complexity index is 837. The number of nitro groups is 1. The Kier molecular flexibility index (Phi) is 6.13. The number of carbonyl (C=O) groups excluding carboxylic acids is 2. The number of likely N-dealkylation sites (N-methyl/N-ethyl adjacent to an activating group) is 1. The number of rotatable bonds is 6. The number of halogens is 1. The molecule has 2 amide bonds. The summed E-state index contributed by atoms with van der Waals surface area (Å²) in [6.45, 7) is -0.102. The summed E-state index contributed by atoms with van der Waals surface area (Å²) in [5.74, 6) is -0.363. The number of amides is 2. The van der Waals surface area contributed by atoms with Crippen LogP contribution in [0.15, 0.2) is 42.5 Å². The lowest BCUT2D eigenvalue weighted by Gasteiger charge is -2.12. The van der Waals surface area contributed by atoms with Gasteiger partial charge in [0.25, 0.3) is 17.5 Å². The second-order valence-electron chi connectivity index (χ2n) is 5.47. The van der Waals surface area contributed by atoms with Gasteiger partial charge in [-0.25, -0.2) is 0 Å². The Morgan fingerprint density at radius 1 is 1.19 bits per heavy atom. The van der Waals surface area contributed by atoms with Crippen molar-refractivity contribution in [1.82, 2.24) is 4.90 Å². The Hall–Kier alpha value is -3.13. The lowest BCUT2D eigenvalue weighted by molar-refractivity contribution is -0.385. The van der Waals surface area contributed by atoms with E-state index in [2.05, 4.69) is 5.32 Å². The number of anilines is 1. The molecule has 0 heterocycles. The average Bonchev–Trinajstić information content (AvgIpc) is 2.60. The molecule has 136 valence electrons. The SMILES string of the molecule is CN(C)C(=O)COc1ccc(NC(=O)c2ccc(Cl)cc2[N+](=O)[O-])cc1. The number of nitrogens with zero attached hydrogens (tertiary/aromatic N) is 2. The third-order valence-corrected chi connectivity index (χ3v) is 3.61. The van der Waals surface area contributed by atoms with Crippen LogP contribution in [-0.2, 0) is 4.79 Å². The van der Waals surface area contributed by atoms with Gasteiger partial charge in [-0.05, 0) is 36.4 Å². The largest absolute Gasteiger partial charge is 0.484 e. The van der Waals surface area contributed by atoms with E-state index in [0.29, 0.717) is 11.4 Å². The highest BCUT2D eigenvalue weighted by atomic mass is 35.5. The van der Waals surface area contributed by atoms with Crippen LogP contribution in [-0.4, -0.2) is 42.3 Å². The van der Waals surface area contributed by atoms with Gasteiger partial charge < -0.3 is 15.0 Å². The summed E-state index contributed by atoms with van der Waals surface area (Å²) >= 11 is 5.74. The third kappa shape index (κ3) is 4.93. The third-order valence-electron chi connectivity index (χ3n) is 3.37. The van der Waals surface area contributed by atoms with E-state index in [1.165, 1.54) is 17.0 Å². The monoisotopic (exact) mass is 377 g/mol. The van der Waals surface area contributed by atoms with E-state index in [1.54, 1.807) is 38.4 Å². The van der Waals surface area contributed by atoms with Gasteiger partial charge in [0, 0.05) is 30.9 Å². The normalized spacial score (nSPS) is 10.1. The van der Waals surface area contributed by atoms with Crippen molar-refractivity contribution in [2.75, 3.05) is 26.0 Å². The Morgan fingerprint density at radius 3 is 2.42 bits per heavy atom. The zero-order chi connectivity index (χ0) is 19.3. The Labute approximate surface area is 154 Å². The van der Waals surface area contributed by atoms with E-state index in [-0.39, 0.29) is 28.8 Å². The van der Waals surface area contributed by atoms with E-state index in [0.717, 1.165) is 6.07 Å². The van der Waals surface area contributed by atoms with Crippen LogP contribution >= 0.6 is 11.6 Å². The number of hydrogen-bond acceptors (Lipinski definition) is 5. The molecule has 0 bridgehead atoms. The van der Waals surface area contributed by atoms with Crippen molar-refractivity contribution in [1.29, 1.82) is 0 Å². The summed E-state index contributed by atoms with van der Waals surface area (Å²) in [5.41, 5.74) is -0.0565. The maximum Gasteiger partial charge on any atom is 0.283 e. The molecule has 1 N–H and O–H groups in total. The fourth-order valence-electron chi connectivity index (χ4n) is 1.95. The maximum absolute atomic E-state index is 12.3. The Balaban J connectivity index is 2.06. The van der Waals surface area contributed by atoms with E-state index in [4.69, 9.17) is 16.3 Å². The number of carbonyl (C=O) groups is 2. The molecule has 0 saturated carbocycles. The standard InChI is InChI=1S/C17H16ClN3O5/c1-20(2)16(22)10-26-13-6-4-12(5-7-13)19-17(23)14-8-3-11(18)9-15(14)21(24)25/h3-9H,10H2,1-2H3,(H,19,23). The van der Waals surface area contributed by atoms with Gasteiger partial charge in [0.05, 0.1) is 4.92 Å². The van der Waals surface area contributed by atoms with Crippen molar-refractivity contribution in [3.05, 3.63) is 63.2 Å². The molecular formula is C17H16ClN3O5. The van der Waals surface area contributed by atoms with E-state index in [1.807, 2.05) is 0 Å². The van der Waals surface area contributed by atoms with Gasteiger partial charge in [-0.3, -0.25) is 19.7 Å². The first-order valence-electron chi connectivity index (χ1n) is 7.46. The molecule has 2 aromatic carbocycles. The second-order valence-corrected chi connectivity index (χ2v) is 5.91. The minimum Gasteiger partial charge on any atom is -0.484 e. The van der Waals surface area contributed by atoms with Crippen molar-refractivity contribution in [3.8, 4) is 5.75 Å². The van der Waals surface area contributed by atoms with Gasteiger partial charge in [0.1, 0.15) is 11.3 Å². The fraction of sp³-hybridized carbons (Fsp3) is 0.176. The maximum atomic E-state index is 12.3. The number of nitro benzene ring substituents is 1. The van der Waals surface area contributed by atoms with E-state index < -0.39 is 10.8 Å². The molecule has 0 spiro atoms. The van der Waals surface area contributed by atoms with E-state index in [9.17, 15) is 19.7 Å². The van der Waals surface area contributed by atoms with Crippen LogP contribution in [0.5, 0.6) is 5.75 Å². The molecule has 9 heteroatoms. The molecule has 0 aliphatic carbocycles. The van der Waals surface area contributed by atoms with E-state index >= 15 is 0 Å². The van der Waals surface area contributed by atoms with Crippen LogP contribution in [0, 0.1) is 10.1 Å². The number of nitrogens with one attached hydrogen (secondary N) is 1. The van der Waals surface area contributed by atoms with Crippen molar-refractivity contribution in [3.63, 3.8) is 0 Å². The van der Waals surface area contributed by atoms with Crippen LogP contribution in [0.1, 0.15) is 10.4 Å². The molecule has 0 unspecified atom stereocenters. The number of benzene rings is 2. The highest BCUT2D eigenvalue weighted by Crippen LogP contribution is 2.24. The topological polar surface area (TPSA) is 102 Å². The highest BCUT2D eigenvalue weighted by Gasteiger charge is 2.20. The van der Waals surface area contributed by atoms with Crippen LogP contribution in [0.2, 0.25) is 5.02 Å². The zero-order valence-corrected chi connectivity index (χ0v) is 14.8. The molecule has 0 fully saturated rings. The number of ether oxygens (including phenoxy) is 1. The molecule has 2 rings (SSSR count). The van der Waals surface area contributed by atoms with Gasteiger partial charge >= 0.3 is 0 Å². The summed E-state index contributed by atoms with van der Waals surface area (Å²) < 4.78 is 5.33. The van der Waals surface area contributed by atoms with Crippen molar-refractivity contribution in [2.45, 2.75) is 0 Å². The molecular weight excluding hydrogens is 362 g/mol. The van der Waals surface area contributed by atoms with Crippen molar-refractivity contribution in [2.24, 2.45) is 0 Å². The minimum atomic E-state index is -0.667. The predicted molar refractivity (Wildman–Crippen MR) is 96.7 cm³/mol. The molecule has 26 heavy (non-hydrogen) atoms. The summed E-state index contributed by atoms with van der Waals surface area (Å²) in [6, 6.07) is 10.1. The molecule has 0 saturated heterocycles. The van der Waals surface area contributed by atoms with Gasteiger partial charge in [0.2, 0.25) is 0 Å². The van der Waals surface area contributed by atoms with Gasteiger partial charge in [-0.1, -0.05) is 11.6 Å². The molecule has 0 aliphatic heterocycles. The molecule has 0 radical (unpaired) electrons. The molecule has 2 aromatic rings. The average molecular weight is 378 g/mol. The van der Waals surface area contributed by atoms with Gasteiger partial charge in [-0.15, -0.1) is 0 Å². The lowest BCUT2D eigenvalue weighted by Crippen LogP contribution is -2.27. The molecule has 0 aliphatic rings. The van der Waals surface area contributed by atoms with Crippen molar-refractivity contribution < 1.29 is 19.2 Å².